The lowest BCUT2D eigenvalue weighted by atomic mass is 9.97. The first-order chi connectivity index (χ1) is 30.7. The minimum absolute atomic E-state index is 0.562. The number of hydrogen-bond donors (Lipinski definition) is 0. The van der Waals surface area contributed by atoms with E-state index in [1.165, 1.54) is 42.0 Å². The van der Waals surface area contributed by atoms with Gasteiger partial charge in [0.1, 0.15) is 0 Å². The monoisotopic (exact) mass is 809 g/mol. The smallest absolute Gasteiger partial charge is 0.166 e. The minimum Gasteiger partial charge on any atom is -0.309 e. The topological polar surface area (TPSA) is 56.5 Å². The van der Waals surface area contributed by atoms with Crippen LogP contribution in [0.25, 0.3) is 115 Å². The zero-order valence-corrected chi connectivity index (χ0v) is 34.2. The Balaban J connectivity index is 1.08. The lowest BCUT2D eigenvalue weighted by Crippen LogP contribution is -2.02. The van der Waals surface area contributed by atoms with E-state index in [4.69, 9.17) is 19.9 Å². The number of fused-ring (bicyclic) bond motifs is 7. The molecule has 8 aromatic carbocycles. The number of benzene rings is 8. The standard InChI is InChI=1S/C56H35N5S/c1-5-16-36(17-6-1)39-22-15-23-40(32-39)42-33-47(56-59-54(37-18-7-2-8-19-37)58-55(60-56)38-20-9-3-10-21-38)52(57-35-42)41-28-29-46-50(34-41)62-49-31-30-45-44-26-13-14-27-48(44)61(53(45)51(46)49)43-24-11-4-12-25-43/h1-35H. The summed E-state index contributed by atoms with van der Waals surface area (Å²) in [5, 5.41) is 4.96. The van der Waals surface area contributed by atoms with Crippen molar-refractivity contribution in [3.05, 3.63) is 212 Å². The lowest BCUT2D eigenvalue weighted by molar-refractivity contribution is 1.07. The van der Waals surface area contributed by atoms with E-state index >= 15 is 0 Å². The maximum absolute atomic E-state index is 5.30. The third kappa shape index (κ3) is 6.16. The van der Waals surface area contributed by atoms with E-state index in [9.17, 15) is 0 Å². The maximum Gasteiger partial charge on any atom is 0.166 e. The summed E-state index contributed by atoms with van der Waals surface area (Å²) in [6, 6.07) is 72.3. The fraction of sp³-hybridized carbons (Fsp3) is 0. The van der Waals surface area contributed by atoms with Gasteiger partial charge in [0.15, 0.2) is 17.5 Å². The zero-order valence-electron chi connectivity index (χ0n) is 33.4. The SMILES string of the molecule is c1ccc(-c2cccc(-c3cnc(-c4ccc5c(c4)sc4ccc6c7ccccc7n(-c7ccccc7)c6c45)c(-c4nc(-c5ccccc5)nc(-c5ccccc5)n4)c3)c2)cc1. The Morgan fingerprint density at radius 2 is 0.952 bits per heavy atom. The normalized spacial score (nSPS) is 11.5. The summed E-state index contributed by atoms with van der Waals surface area (Å²) in [6.07, 6.45) is 1.98. The maximum atomic E-state index is 5.30. The molecule has 0 spiro atoms. The Hall–Kier alpha value is -8.06. The van der Waals surface area contributed by atoms with Crippen molar-refractivity contribution in [2.45, 2.75) is 0 Å². The third-order valence-corrected chi connectivity index (χ3v) is 12.8. The van der Waals surface area contributed by atoms with Crippen molar-refractivity contribution in [1.29, 1.82) is 0 Å². The molecule has 62 heavy (non-hydrogen) atoms. The van der Waals surface area contributed by atoms with E-state index in [1.54, 1.807) is 0 Å². The van der Waals surface area contributed by atoms with Gasteiger partial charge < -0.3 is 4.57 Å². The highest BCUT2D eigenvalue weighted by Crippen LogP contribution is 2.45. The van der Waals surface area contributed by atoms with Crippen LogP contribution in [0.1, 0.15) is 0 Å². The molecule has 0 fully saturated rings. The van der Waals surface area contributed by atoms with Crippen LogP contribution in [0.15, 0.2) is 212 Å². The van der Waals surface area contributed by atoms with Crippen LogP contribution < -0.4 is 0 Å². The van der Waals surface area contributed by atoms with Gasteiger partial charge in [-0.2, -0.15) is 0 Å². The van der Waals surface area contributed by atoms with Gasteiger partial charge in [-0.05, 0) is 59.2 Å². The molecule has 4 aromatic heterocycles. The molecule has 0 bridgehead atoms. The first kappa shape index (κ1) is 35.8. The fourth-order valence-corrected chi connectivity index (χ4v) is 9.92. The highest BCUT2D eigenvalue weighted by Gasteiger charge is 2.21. The minimum atomic E-state index is 0.562. The summed E-state index contributed by atoms with van der Waals surface area (Å²) < 4.78 is 4.85. The Labute approximate surface area is 361 Å². The van der Waals surface area contributed by atoms with Gasteiger partial charge in [0.2, 0.25) is 0 Å². The third-order valence-electron chi connectivity index (χ3n) is 11.7. The van der Waals surface area contributed by atoms with E-state index < -0.39 is 0 Å². The lowest BCUT2D eigenvalue weighted by Gasteiger charge is -2.14. The van der Waals surface area contributed by atoms with Gasteiger partial charge in [-0.25, -0.2) is 15.0 Å². The van der Waals surface area contributed by atoms with Crippen molar-refractivity contribution in [3.63, 3.8) is 0 Å². The first-order valence-electron chi connectivity index (χ1n) is 20.7. The van der Waals surface area contributed by atoms with Crippen LogP contribution in [0.3, 0.4) is 0 Å². The summed E-state index contributed by atoms with van der Waals surface area (Å²) in [5.74, 6) is 1.77. The Morgan fingerprint density at radius 3 is 1.66 bits per heavy atom. The molecule has 0 aliphatic carbocycles. The second-order valence-electron chi connectivity index (χ2n) is 15.4. The summed E-state index contributed by atoms with van der Waals surface area (Å²) >= 11 is 1.82. The molecule has 6 heteroatoms. The van der Waals surface area contributed by atoms with Gasteiger partial charge in [0.05, 0.1) is 16.7 Å². The highest BCUT2D eigenvalue weighted by molar-refractivity contribution is 7.26. The molecule has 0 amide bonds. The van der Waals surface area contributed by atoms with E-state index in [0.29, 0.717) is 17.5 Å². The van der Waals surface area contributed by atoms with Gasteiger partial charge in [-0.3, -0.25) is 4.98 Å². The Bertz CT molecular complexity index is 3560. The van der Waals surface area contributed by atoms with Gasteiger partial charge in [0.25, 0.3) is 0 Å². The van der Waals surface area contributed by atoms with Crippen LogP contribution >= 0.6 is 11.3 Å². The quantitative estimate of drug-likeness (QED) is 0.161. The molecule has 12 aromatic rings. The molecular weight excluding hydrogens is 775 g/mol. The number of thiophene rings is 1. The molecule has 4 heterocycles. The van der Waals surface area contributed by atoms with E-state index in [2.05, 4.69) is 144 Å². The van der Waals surface area contributed by atoms with Crippen molar-refractivity contribution in [1.82, 2.24) is 24.5 Å². The molecule has 0 unspecified atom stereocenters. The molecule has 0 saturated carbocycles. The first-order valence-corrected chi connectivity index (χ1v) is 21.5. The summed E-state index contributed by atoms with van der Waals surface area (Å²) in [6.45, 7) is 0. The molecule has 0 aliphatic rings. The van der Waals surface area contributed by atoms with Crippen LogP contribution in [0.2, 0.25) is 0 Å². The predicted octanol–water partition coefficient (Wildman–Crippen LogP) is 14.7. The Morgan fingerprint density at radius 1 is 0.371 bits per heavy atom. The highest BCUT2D eigenvalue weighted by atomic mass is 32.1. The number of nitrogens with zero attached hydrogens (tertiary/aromatic N) is 5. The van der Waals surface area contributed by atoms with Gasteiger partial charge >= 0.3 is 0 Å². The molecule has 0 N–H and O–H groups in total. The molecule has 0 radical (unpaired) electrons. The van der Waals surface area contributed by atoms with Crippen LogP contribution in [-0.4, -0.2) is 24.5 Å². The molecule has 0 aliphatic heterocycles. The van der Waals surface area contributed by atoms with Crippen molar-refractivity contribution in [3.8, 4) is 73.4 Å². The van der Waals surface area contributed by atoms with Crippen molar-refractivity contribution in [2.24, 2.45) is 0 Å². The summed E-state index contributed by atoms with van der Waals surface area (Å²) in [4.78, 5) is 20.7. The molecule has 5 nitrogen and oxygen atoms in total. The summed E-state index contributed by atoms with van der Waals surface area (Å²) in [7, 11) is 0. The number of rotatable bonds is 7. The van der Waals surface area contributed by atoms with Crippen LogP contribution in [0.4, 0.5) is 0 Å². The number of aromatic nitrogens is 5. The largest absolute Gasteiger partial charge is 0.309 e. The van der Waals surface area contributed by atoms with Crippen molar-refractivity contribution < 1.29 is 0 Å². The average Bonchev–Trinajstić information content (AvgIpc) is 3.90. The number of hydrogen-bond acceptors (Lipinski definition) is 5. The van der Waals surface area contributed by atoms with Crippen molar-refractivity contribution >= 4 is 53.3 Å². The van der Waals surface area contributed by atoms with Gasteiger partial charge in [-0.15, -0.1) is 11.3 Å². The zero-order chi connectivity index (χ0) is 41.0. The second-order valence-corrected chi connectivity index (χ2v) is 16.5. The second kappa shape index (κ2) is 14.9. The van der Waals surface area contributed by atoms with E-state index in [1.807, 2.05) is 84.3 Å². The fourth-order valence-electron chi connectivity index (χ4n) is 8.77. The molecule has 0 atom stereocenters. The Kier molecular flexibility index (Phi) is 8.61. The van der Waals surface area contributed by atoms with E-state index in [-0.39, 0.29) is 0 Å². The van der Waals surface area contributed by atoms with Gasteiger partial charge in [-0.1, -0.05) is 164 Å². The molecular formula is C56H35N5S. The van der Waals surface area contributed by atoms with E-state index in [0.717, 1.165) is 55.9 Å². The predicted molar refractivity (Wildman–Crippen MR) is 257 cm³/mol. The average molecular weight is 810 g/mol. The molecule has 12 rings (SSSR count). The van der Waals surface area contributed by atoms with Gasteiger partial charge in [0, 0.05) is 70.6 Å². The van der Waals surface area contributed by atoms with Crippen LogP contribution in [-0.2, 0) is 0 Å². The number of pyridine rings is 1. The molecule has 290 valence electrons. The molecule has 0 saturated heterocycles. The van der Waals surface area contributed by atoms with Crippen molar-refractivity contribution in [2.75, 3.05) is 0 Å². The van der Waals surface area contributed by atoms with Crippen LogP contribution in [0, 0.1) is 0 Å². The van der Waals surface area contributed by atoms with Crippen LogP contribution in [0.5, 0.6) is 0 Å². The number of para-hydroxylation sites is 2. The summed E-state index contributed by atoms with van der Waals surface area (Å²) in [5.41, 5.74) is 12.4.